The van der Waals surface area contributed by atoms with Crippen LogP contribution < -0.4 is 57.0 Å². The molecule has 0 aliphatic carbocycles. The van der Waals surface area contributed by atoms with Gasteiger partial charge in [-0.15, -0.1) is 0 Å². The summed E-state index contributed by atoms with van der Waals surface area (Å²) in [5, 5.41) is 0. The topological polar surface area (TPSA) is 39.2 Å². The number of ether oxygens (including phenoxy) is 1. The third-order valence-electron chi connectivity index (χ3n) is 1.54. The largest absolute Gasteiger partial charge is 1.00 e. The van der Waals surface area contributed by atoms with E-state index in [4.69, 9.17) is 0 Å². The number of rotatable bonds is 2. The molecule has 0 N–H and O–H groups in total. The standard InChI is InChI=1S/C7H6BF3NO2.K/c1-14-7(13)5-2-3-6(12-4-5)8(9,10)11;/h2-4H,1H3;/q-1;+1. The Balaban J connectivity index is 0.00000196. The van der Waals surface area contributed by atoms with Gasteiger partial charge in [0.25, 0.3) is 0 Å². The fourth-order valence-electron chi connectivity index (χ4n) is 0.838. The molecule has 0 saturated carbocycles. The van der Waals surface area contributed by atoms with Gasteiger partial charge in [0, 0.05) is 6.20 Å². The summed E-state index contributed by atoms with van der Waals surface area (Å²) in [6, 6.07) is 1.79. The molecule has 0 saturated heterocycles. The number of carbonyl (C=O) groups is 1. The van der Waals surface area contributed by atoms with Gasteiger partial charge in [-0.1, -0.05) is 6.07 Å². The fraction of sp³-hybridized carbons (Fsp3) is 0.143. The number of hydrogen-bond donors (Lipinski definition) is 0. The van der Waals surface area contributed by atoms with E-state index in [9.17, 15) is 17.7 Å². The van der Waals surface area contributed by atoms with Crippen molar-refractivity contribution < 1.29 is 73.9 Å². The molecule has 0 spiro atoms. The minimum Gasteiger partial charge on any atom is -0.465 e. The van der Waals surface area contributed by atoms with Crippen LogP contribution in [0.2, 0.25) is 0 Å². The summed E-state index contributed by atoms with van der Waals surface area (Å²) in [6.07, 6.45) is 0.844. The molecule has 8 heteroatoms. The molecule has 1 aromatic heterocycles. The van der Waals surface area contributed by atoms with E-state index in [1.807, 2.05) is 0 Å². The van der Waals surface area contributed by atoms with Crippen LogP contribution in [0.5, 0.6) is 0 Å². The zero-order valence-electron chi connectivity index (χ0n) is 8.21. The van der Waals surface area contributed by atoms with Crippen LogP contribution in [-0.2, 0) is 4.74 Å². The molecule has 0 aromatic carbocycles. The van der Waals surface area contributed by atoms with Crippen LogP contribution >= 0.6 is 0 Å². The molecule has 0 unspecified atom stereocenters. The van der Waals surface area contributed by atoms with E-state index in [1.54, 1.807) is 0 Å². The zero-order valence-corrected chi connectivity index (χ0v) is 11.3. The molecule has 0 fully saturated rings. The summed E-state index contributed by atoms with van der Waals surface area (Å²) >= 11 is 0. The van der Waals surface area contributed by atoms with Gasteiger partial charge in [0.1, 0.15) is 0 Å². The van der Waals surface area contributed by atoms with Crippen LogP contribution in [0.25, 0.3) is 0 Å². The second kappa shape index (κ2) is 6.00. The molecule has 0 radical (unpaired) electrons. The van der Waals surface area contributed by atoms with Gasteiger partial charge in [-0.05, 0) is 11.7 Å². The molecule has 3 nitrogen and oxygen atoms in total. The van der Waals surface area contributed by atoms with Crippen molar-refractivity contribution in [1.29, 1.82) is 0 Å². The molecule has 0 aliphatic rings. The molecule has 1 aromatic rings. The number of pyridine rings is 1. The second-order valence-corrected chi connectivity index (χ2v) is 2.54. The first-order valence-corrected chi connectivity index (χ1v) is 3.69. The summed E-state index contributed by atoms with van der Waals surface area (Å²) in [5.74, 6) is -0.710. The summed E-state index contributed by atoms with van der Waals surface area (Å²) in [6.45, 7) is -5.11. The Morgan fingerprint density at radius 2 is 2.00 bits per heavy atom. The van der Waals surface area contributed by atoms with Gasteiger partial charge in [-0.25, -0.2) is 4.79 Å². The monoisotopic (exact) mass is 243 g/mol. The number of halogens is 3. The number of hydrogen-bond acceptors (Lipinski definition) is 3. The Bertz CT molecular complexity index is 341. The van der Waals surface area contributed by atoms with Crippen molar-refractivity contribution in [3.63, 3.8) is 0 Å². The van der Waals surface area contributed by atoms with Crippen molar-refractivity contribution in [3.05, 3.63) is 23.9 Å². The van der Waals surface area contributed by atoms with E-state index >= 15 is 0 Å². The van der Waals surface area contributed by atoms with Crippen LogP contribution in [-0.4, -0.2) is 25.0 Å². The van der Waals surface area contributed by atoms with E-state index in [0.29, 0.717) is 0 Å². The van der Waals surface area contributed by atoms with E-state index in [-0.39, 0.29) is 56.9 Å². The Labute approximate surface area is 127 Å². The normalized spacial score (nSPS) is 10.4. The average Bonchev–Trinajstić information content (AvgIpc) is 2.15. The maximum absolute atomic E-state index is 12.1. The Hall–Kier alpha value is 0.111. The predicted molar refractivity (Wildman–Crippen MR) is 44.3 cm³/mol. The van der Waals surface area contributed by atoms with Gasteiger partial charge < -0.3 is 17.7 Å². The Morgan fingerprint density at radius 1 is 1.40 bits per heavy atom. The molecule has 15 heavy (non-hydrogen) atoms. The molecule has 0 amide bonds. The summed E-state index contributed by atoms with van der Waals surface area (Å²) in [7, 11) is 1.14. The van der Waals surface area contributed by atoms with Crippen LogP contribution in [0.1, 0.15) is 10.4 Å². The number of nitrogens with zero attached hydrogens (tertiary/aromatic N) is 1. The first-order chi connectivity index (χ1) is 6.45. The van der Waals surface area contributed by atoms with Crippen molar-refractivity contribution in [2.75, 3.05) is 7.11 Å². The van der Waals surface area contributed by atoms with Crippen molar-refractivity contribution in [3.8, 4) is 0 Å². The van der Waals surface area contributed by atoms with Crippen molar-refractivity contribution in [1.82, 2.24) is 4.98 Å². The first kappa shape index (κ1) is 15.1. The third kappa shape index (κ3) is 4.23. The summed E-state index contributed by atoms with van der Waals surface area (Å²) in [5.41, 5.74) is -0.978. The maximum Gasteiger partial charge on any atom is 1.00 e. The average molecular weight is 243 g/mol. The minimum atomic E-state index is -5.11. The predicted octanol–water partition coefficient (Wildman–Crippen LogP) is -2.07. The van der Waals surface area contributed by atoms with Crippen LogP contribution in [0, 0.1) is 0 Å². The Morgan fingerprint density at radius 3 is 2.33 bits per heavy atom. The molecule has 0 atom stereocenters. The molecule has 76 valence electrons. The van der Waals surface area contributed by atoms with E-state index in [2.05, 4.69) is 9.72 Å². The third-order valence-corrected chi connectivity index (χ3v) is 1.54. The van der Waals surface area contributed by atoms with Crippen LogP contribution in [0.3, 0.4) is 0 Å². The first-order valence-electron chi connectivity index (χ1n) is 3.69. The number of esters is 1. The number of carbonyl (C=O) groups excluding carboxylic acids is 1. The number of methoxy groups -OCH3 is 1. The van der Waals surface area contributed by atoms with Gasteiger partial charge in [0.2, 0.25) is 0 Å². The minimum absolute atomic E-state index is 0. The smallest absolute Gasteiger partial charge is 0.465 e. The van der Waals surface area contributed by atoms with E-state index < -0.39 is 18.5 Å². The van der Waals surface area contributed by atoms with Gasteiger partial charge in [0.15, 0.2) is 0 Å². The fourth-order valence-corrected chi connectivity index (χ4v) is 0.838. The second-order valence-electron chi connectivity index (χ2n) is 2.54. The summed E-state index contributed by atoms with van der Waals surface area (Å²) in [4.78, 5) is 14.0. The Kier molecular flexibility index (Phi) is 6.04. The van der Waals surface area contributed by atoms with Crippen LogP contribution in [0.15, 0.2) is 18.3 Å². The van der Waals surface area contributed by atoms with Gasteiger partial charge in [0.05, 0.1) is 12.7 Å². The maximum atomic E-state index is 12.1. The van der Waals surface area contributed by atoms with Crippen molar-refractivity contribution >= 4 is 18.5 Å². The van der Waals surface area contributed by atoms with Gasteiger partial charge in [-0.3, -0.25) is 4.98 Å². The molecule has 0 aliphatic heterocycles. The molecule has 1 rings (SSSR count). The zero-order chi connectivity index (χ0) is 10.8. The number of aromatic nitrogens is 1. The van der Waals surface area contributed by atoms with E-state index in [1.165, 1.54) is 0 Å². The molecule has 0 bridgehead atoms. The van der Waals surface area contributed by atoms with Gasteiger partial charge >= 0.3 is 64.3 Å². The SMILES string of the molecule is COC(=O)c1ccc([B-](F)(F)F)nc1.[K+]. The van der Waals surface area contributed by atoms with Crippen molar-refractivity contribution in [2.45, 2.75) is 0 Å². The summed E-state index contributed by atoms with van der Waals surface area (Å²) < 4.78 is 40.6. The quantitative estimate of drug-likeness (QED) is 0.442. The van der Waals surface area contributed by atoms with Gasteiger partial charge in [-0.2, -0.15) is 0 Å². The molecular formula is C7H6BF3KNO2. The molecular weight excluding hydrogens is 237 g/mol. The van der Waals surface area contributed by atoms with Crippen LogP contribution in [0.4, 0.5) is 12.9 Å². The van der Waals surface area contributed by atoms with E-state index in [0.717, 1.165) is 25.4 Å². The van der Waals surface area contributed by atoms with Crippen molar-refractivity contribution in [2.24, 2.45) is 0 Å². The molecule has 1 heterocycles.